The first kappa shape index (κ1) is 90.1. The average Bonchev–Trinajstić information content (AvgIpc) is 2.32. The van der Waals surface area contributed by atoms with Crippen molar-refractivity contribution in [2.75, 3.05) is 39.6 Å². The smallest absolute Gasteiger partial charge is 0.462 e. The Labute approximate surface area is 562 Å². The summed E-state index contributed by atoms with van der Waals surface area (Å²) in [7, 11) is -9.90. The number of esters is 4. The summed E-state index contributed by atoms with van der Waals surface area (Å²) in [5, 5.41) is 10.6. The molecule has 0 aromatic heterocycles. The summed E-state index contributed by atoms with van der Waals surface area (Å²) >= 11 is 0. The molecule has 0 rings (SSSR count). The molecule has 0 aromatic carbocycles. The molecule has 0 aliphatic heterocycles. The van der Waals surface area contributed by atoms with Crippen LogP contribution in [0.1, 0.15) is 375 Å². The van der Waals surface area contributed by atoms with Gasteiger partial charge in [-0.05, 0) is 37.5 Å². The monoisotopic (exact) mass is 1350 g/mol. The van der Waals surface area contributed by atoms with Crippen LogP contribution in [0.2, 0.25) is 0 Å². The molecular weight excluding hydrogens is 1210 g/mol. The van der Waals surface area contributed by atoms with Gasteiger partial charge in [0, 0.05) is 25.7 Å². The predicted molar refractivity (Wildman–Crippen MR) is 372 cm³/mol. The van der Waals surface area contributed by atoms with Crippen LogP contribution in [0.25, 0.3) is 0 Å². The topological polar surface area (TPSA) is 237 Å². The molecule has 3 N–H and O–H groups in total. The van der Waals surface area contributed by atoms with Gasteiger partial charge in [0.25, 0.3) is 0 Å². The van der Waals surface area contributed by atoms with Crippen LogP contribution in [0.15, 0.2) is 0 Å². The Bertz CT molecular complexity index is 1790. The van der Waals surface area contributed by atoms with Crippen molar-refractivity contribution in [2.45, 2.75) is 394 Å². The molecule has 0 aliphatic carbocycles. The highest BCUT2D eigenvalue weighted by Gasteiger charge is 2.30. The van der Waals surface area contributed by atoms with E-state index in [0.717, 1.165) is 115 Å². The highest BCUT2D eigenvalue weighted by atomic mass is 31.2. The first-order valence-corrected chi connectivity index (χ1v) is 41.0. The molecule has 0 radical (unpaired) electrons. The van der Waals surface area contributed by atoms with E-state index in [1.165, 1.54) is 180 Å². The van der Waals surface area contributed by atoms with Crippen LogP contribution in [-0.2, 0) is 65.4 Å². The first-order chi connectivity index (χ1) is 44.4. The molecule has 19 heteroatoms. The number of ether oxygens (including phenoxy) is 4. The van der Waals surface area contributed by atoms with Gasteiger partial charge in [-0.2, -0.15) is 0 Å². The molecular formula is C73H142O17P2. The van der Waals surface area contributed by atoms with Gasteiger partial charge in [-0.25, -0.2) is 9.13 Å². The number of aliphatic hydroxyl groups excluding tert-OH is 1. The Morgan fingerprint density at radius 2 is 0.500 bits per heavy atom. The number of phosphoric ester groups is 2. The minimum Gasteiger partial charge on any atom is -0.462 e. The molecule has 0 aliphatic rings. The van der Waals surface area contributed by atoms with E-state index in [4.69, 9.17) is 37.0 Å². The maximum absolute atomic E-state index is 13.1. The number of hydrogen-bond acceptors (Lipinski definition) is 15. The molecule has 0 bridgehead atoms. The van der Waals surface area contributed by atoms with E-state index in [1.807, 2.05) is 0 Å². The third kappa shape index (κ3) is 66.7. The Hall–Kier alpha value is -1.94. The van der Waals surface area contributed by atoms with Crippen LogP contribution in [0.3, 0.4) is 0 Å². The Balaban J connectivity index is 5.15. The minimum atomic E-state index is -4.95. The van der Waals surface area contributed by atoms with E-state index in [0.29, 0.717) is 25.7 Å². The van der Waals surface area contributed by atoms with Crippen molar-refractivity contribution in [3.8, 4) is 0 Å². The van der Waals surface area contributed by atoms with Crippen molar-refractivity contribution in [3.05, 3.63) is 0 Å². The number of carbonyl (C=O) groups is 4. The lowest BCUT2D eigenvalue weighted by molar-refractivity contribution is -0.161. The van der Waals surface area contributed by atoms with E-state index in [-0.39, 0.29) is 25.7 Å². The van der Waals surface area contributed by atoms with Crippen molar-refractivity contribution in [2.24, 2.45) is 11.8 Å². The summed E-state index contributed by atoms with van der Waals surface area (Å²) in [5.74, 6) is -0.546. The van der Waals surface area contributed by atoms with Crippen molar-refractivity contribution < 1.29 is 80.2 Å². The Kier molecular flexibility index (Phi) is 63.7. The van der Waals surface area contributed by atoms with Crippen molar-refractivity contribution in [1.82, 2.24) is 0 Å². The van der Waals surface area contributed by atoms with E-state index < -0.39 is 97.5 Å². The zero-order chi connectivity index (χ0) is 67.9. The van der Waals surface area contributed by atoms with Gasteiger partial charge in [-0.15, -0.1) is 0 Å². The number of rotatable bonds is 72. The van der Waals surface area contributed by atoms with Gasteiger partial charge in [-0.3, -0.25) is 37.3 Å². The molecule has 0 fully saturated rings. The largest absolute Gasteiger partial charge is 0.472 e. The average molecular weight is 1350 g/mol. The number of carbonyl (C=O) groups excluding carboxylic acids is 4. The molecule has 0 spiro atoms. The lowest BCUT2D eigenvalue weighted by atomic mass is 10.0. The van der Waals surface area contributed by atoms with Crippen molar-refractivity contribution in [1.29, 1.82) is 0 Å². The summed E-state index contributed by atoms with van der Waals surface area (Å²) in [4.78, 5) is 72.5. The van der Waals surface area contributed by atoms with Crippen molar-refractivity contribution >= 4 is 39.5 Å². The molecule has 92 heavy (non-hydrogen) atoms. The van der Waals surface area contributed by atoms with Gasteiger partial charge in [0.15, 0.2) is 12.2 Å². The van der Waals surface area contributed by atoms with Crippen LogP contribution in [-0.4, -0.2) is 96.7 Å². The lowest BCUT2D eigenvalue weighted by Crippen LogP contribution is -2.30. The SMILES string of the molecule is CCCCCCCCCCCCCC(=O)O[C@H](COC(=O)CCCCCCCCC)COP(=O)(O)OC[C@H](O)COP(=O)(O)OC[C@@H](COC(=O)CCCCCCCCCCCCC(C)C)OC(=O)CCCCCCCCCCCCCCCCCCCCC(C)C. The van der Waals surface area contributed by atoms with E-state index in [2.05, 4.69) is 41.5 Å². The maximum Gasteiger partial charge on any atom is 0.472 e. The molecule has 0 saturated heterocycles. The van der Waals surface area contributed by atoms with Crippen LogP contribution in [0.5, 0.6) is 0 Å². The van der Waals surface area contributed by atoms with E-state index >= 15 is 0 Å². The predicted octanol–water partition coefficient (Wildman–Crippen LogP) is 21.2. The van der Waals surface area contributed by atoms with Crippen LogP contribution in [0.4, 0.5) is 0 Å². The summed E-state index contributed by atoms with van der Waals surface area (Å²) in [5.41, 5.74) is 0. The summed E-state index contributed by atoms with van der Waals surface area (Å²) in [6.45, 7) is 9.56. The van der Waals surface area contributed by atoms with Gasteiger partial charge in [0.05, 0.1) is 26.4 Å². The van der Waals surface area contributed by atoms with Gasteiger partial charge in [0.1, 0.15) is 19.3 Å². The highest BCUT2D eigenvalue weighted by Crippen LogP contribution is 2.45. The standard InChI is InChI=1S/C73H142O17P2/c1-7-9-11-13-15-16-25-33-39-45-51-57-72(77)89-68(61-83-70(75)55-49-43-35-14-12-10-8-2)63-87-91(79,80)85-59-67(74)60-86-92(81,82)88-64-69(62-84-71(76)56-50-44-38-32-29-28-31-37-42-48-54-66(5)6)90-73(78)58-52-46-40-34-27-24-22-20-18-17-19-21-23-26-30-36-41-47-53-65(3)4/h65-69,74H,7-64H2,1-6H3,(H,79,80)(H,81,82)/t67-,68+,69+/m0/s1. The molecule has 0 aromatic rings. The maximum atomic E-state index is 13.1. The third-order valence-electron chi connectivity index (χ3n) is 17.0. The van der Waals surface area contributed by atoms with Gasteiger partial charge >= 0.3 is 39.5 Å². The second kappa shape index (κ2) is 65.0. The summed E-state index contributed by atoms with van der Waals surface area (Å²) < 4.78 is 68.3. The van der Waals surface area contributed by atoms with Gasteiger partial charge < -0.3 is 33.8 Å². The summed E-state index contributed by atoms with van der Waals surface area (Å²) in [6, 6.07) is 0. The molecule has 17 nitrogen and oxygen atoms in total. The highest BCUT2D eigenvalue weighted by molar-refractivity contribution is 7.47. The minimum absolute atomic E-state index is 0.107. The van der Waals surface area contributed by atoms with Crippen LogP contribution < -0.4 is 0 Å². The number of aliphatic hydroxyl groups is 1. The number of unbranched alkanes of at least 4 members (excludes halogenated alkanes) is 42. The van der Waals surface area contributed by atoms with E-state index in [9.17, 15) is 43.2 Å². The lowest BCUT2D eigenvalue weighted by Gasteiger charge is -2.21. The second-order valence-corrected chi connectivity index (χ2v) is 30.2. The first-order valence-electron chi connectivity index (χ1n) is 38.0. The van der Waals surface area contributed by atoms with Crippen LogP contribution in [0, 0.1) is 11.8 Å². The quantitative estimate of drug-likeness (QED) is 0.0222. The Morgan fingerprint density at radius 3 is 0.739 bits per heavy atom. The molecule has 0 saturated carbocycles. The van der Waals surface area contributed by atoms with Gasteiger partial charge in [-0.1, -0.05) is 324 Å². The third-order valence-corrected chi connectivity index (χ3v) is 18.9. The Morgan fingerprint density at radius 1 is 0.293 bits per heavy atom. The van der Waals surface area contributed by atoms with Crippen molar-refractivity contribution in [3.63, 3.8) is 0 Å². The molecule has 0 heterocycles. The van der Waals surface area contributed by atoms with Gasteiger partial charge in [0.2, 0.25) is 0 Å². The zero-order valence-electron chi connectivity index (χ0n) is 59.9. The van der Waals surface area contributed by atoms with Crippen LogP contribution >= 0.6 is 15.6 Å². The fourth-order valence-electron chi connectivity index (χ4n) is 11.1. The fraction of sp³-hybridized carbons (Fsp3) is 0.945. The molecule has 2 unspecified atom stereocenters. The second-order valence-electron chi connectivity index (χ2n) is 27.3. The number of hydrogen-bond donors (Lipinski definition) is 3. The molecule has 5 atom stereocenters. The normalized spacial score (nSPS) is 14.1. The summed E-state index contributed by atoms with van der Waals surface area (Å²) in [6.07, 6.45) is 51.5. The molecule has 546 valence electrons. The number of phosphoric acid groups is 2. The molecule has 0 amide bonds. The zero-order valence-corrected chi connectivity index (χ0v) is 61.6. The fourth-order valence-corrected chi connectivity index (χ4v) is 12.7. The van der Waals surface area contributed by atoms with E-state index in [1.54, 1.807) is 0 Å².